The topological polar surface area (TPSA) is 78.9 Å². The molecular formula is C54H90O6. The van der Waals surface area contributed by atoms with E-state index in [0.717, 1.165) is 89.9 Å². The molecule has 0 amide bonds. The molecule has 1 atom stereocenters. The smallest absolute Gasteiger partial charge is 0.306 e. The molecule has 0 bridgehead atoms. The Morgan fingerprint density at radius 2 is 0.750 bits per heavy atom. The molecule has 0 heterocycles. The van der Waals surface area contributed by atoms with Gasteiger partial charge in [0.15, 0.2) is 6.10 Å². The van der Waals surface area contributed by atoms with Crippen LogP contribution in [0.25, 0.3) is 0 Å². The van der Waals surface area contributed by atoms with Crippen LogP contribution in [0.15, 0.2) is 85.1 Å². The maximum absolute atomic E-state index is 12.8. The van der Waals surface area contributed by atoms with E-state index in [9.17, 15) is 14.4 Å². The number of esters is 3. The number of carbonyl (C=O) groups excluding carboxylic acids is 3. The Hall–Kier alpha value is -3.41. The van der Waals surface area contributed by atoms with Crippen molar-refractivity contribution in [1.29, 1.82) is 0 Å². The van der Waals surface area contributed by atoms with E-state index in [-0.39, 0.29) is 37.5 Å². The third-order valence-electron chi connectivity index (χ3n) is 10.2. The first-order valence-electron chi connectivity index (χ1n) is 24.6. The largest absolute Gasteiger partial charge is 0.462 e. The molecule has 0 spiro atoms. The number of ether oxygens (including phenoxy) is 3. The van der Waals surface area contributed by atoms with Crippen molar-refractivity contribution in [2.45, 2.75) is 226 Å². The lowest BCUT2D eigenvalue weighted by Crippen LogP contribution is -2.30. The van der Waals surface area contributed by atoms with E-state index >= 15 is 0 Å². The Bertz CT molecular complexity index is 1190. The molecule has 0 aromatic carbocycles. The van der Waals surface area contributed by atoms with Crippen LogP contribution in [-0.2, 0) is 28.6 Å². The van der Waals surface area contributed by atoms with Crippen LogP contribution in [0.1, 0.15) is 220 Å². The number of hydrogen-bond donors (Lipinski definition) is 0. The first-order chi connectivity index (χ1) is 29.5. The first-order valence-corrected chi connectivity index (χ1v) is 24.6. The molecule has 0 aromatic rings. The monoisotopic (exact) mass is 835 g/mol. The standard InChI is InChI=1S/C54H90O6/c1-4-7-10-13-16-19-22-24-26-28-29-32-35-38-41-44-47-53(56)59-50-51(49-58-52(55)46-43-40-37-34-31-21-18-15-12-9-6-3)60-54(57)48-45-42-39-36-33-30-27-25-23-20-17-14-11-8-5-2/h8-9,11-12,14,17-18,20-21,23,26,28,34,37,51H,4-7,10,13,15-16,19,22,24-25,27,29-33,35-36,38-50H2,1-3H3/b11-8-,12-9-,17-14-,21-18-,23-20-,28-26-,37-34-. The summed E-state index contributed by atoms with van der Waals surface area (Å²) in [7, 11) is 0. The average molecular weight is 835 g/mol. The highest BCUT2D eigenvalue weighted by atomic mass is 16.6. The quantitative estimate of drug-likeness (QED) is 0.0200. The number of rotatable bonds is 43. The molecule has 0 aliphatic carbocycles. The maximum atomic E-state index is 12.8. The second-order valence-electron chi connectivity index (χ2n) is 16.0. The Kier molecular flexibility index (Phi) is 45.5. The molecule has 0 N–H and O–H groups in total. The first kappa shape index (κ1) is 56.6. The third kappa shape index (κ3) is 45.7. The van der Waals surface area contributed by atoms with Gasteiger partial charge in [-0.2, -0.15) is 0 Å². The fourth-order valence-electron chi connectivity index (χ4n) is 6.52. The normalized spacial score (nSPS) is 12.8. The SMILES string of the molecule is CC\C=C/C=C\C=C/CCCCCCCCCC(=O)OC(COC(=O)CCC/C=C\C/C=C\C/C=C\CC)COC(=O)CCCCCCC/C=C\CCCCCCCCC. The van der Waals surface area contributed by atoms with Crippen molar-refractivity contribution < 1.29 is 28.6 Å². The molecule has 1 unspecified atom stereocenters. The number of hydrogen-bond acceptors (Lipinski definition) is 6. The number of carbonyl (C=O) groups is 3. The lowest BCUT2D eigenvalue weighted by Gasteiger charge is -2.18. The van der Waals surface area contributed by atoms with Crippen LogP contribution in [-0.4, -0.2) is 37.2 Å². The highest BCUT2D eigenvalue weighted by Gasteiger charge is 2.19. The van der Waals surface area contributed by atoms with Gasteiger partial charge in [0.2, 0.25) is 0 Å². The Morgan fingerprint density at radius 3 is 1.28 bits per heavy atom. The Balaban J connectivity index is 4.45. The zero-order chi connectivity index (χ0) is 43.7. The van der Waals surface area contributed by atoms with Gasteiger partial charge < -0.3 is 14.2 Å². The van der Waals surface area contributed by atoms with E-state index in [1.807, 2.05) is 0 Å². The van der Waals surface area contributed by atoms with Gasteiger partial charge in [0.1, 0.15) is 13.2 Å². The highest BCUT2D eigenvalue weighted by molar-refractivity contribution is 5.71. The number of unbranched alkanes of at least 4 members (excludes halogenated alkanes) is 20. The van der Waals surface area contributed by atoms with E-state index in [4.69, 9.17) is 14.2 Å². The van der Waals surface area contributed by atoms with Gasteiger partial charge in [0.05, 0.1) is 0 Å². The fourth-order valence-corrected chi connectivity index (χ4v) is 6.52. The molecule has 6 nitrogen and oxygen atoms in total. The molecule has 60 heavy (non-hydrogen) atoms. The van der Waals surface area contributed by atoms with E-state index in [2.05, 4.69) is 106 Å². The minimum Gasteiger partial charge on any atom is -0.462 e. The van der Waals surface area contributed by atoms with Gasteiger partial charge in [0.25, 0.3) is 0 Å². The summed E-state index contributed by atoms with van der Waals surface area (Å²) in [6.07, 6.45) is 61.5. The molecule has 0 saturated carbocycles. The van der Waals surface area contributed by atoms with Crippen LogP contribution < -0.4 is 0 Å². The summed E-state index contributed by atoms with van der Waals surface area (Å²) in [5.41, 5.74) is 0. The zero-order valence-electron chi connectivity index (χ0n) is 38.9. The lowest BCUT2D eigenvalue weighted by atomic mass is 10.1. The fraction of sp³-hybridized carbons (Fsp3) is 0.685. The minimum atomic E-state index is -0.805. The van der Waals surface area contributed by atoms with Gasteiger partial charge in [-0.15, -0.1) is 0 Å². The zero-order valence-corrected chi connectivity index (χ0v) is 38.9. The van der Waals surface area contributed by atoms with Crippen molar-refractivity contribution in [3.63, 3.8) is 0 Å². The molecule has 0 rings (SSSR count). The average Bonchev–Trinajstić information content (AvgIpc) is 3.24. The van der Waals surface area contributed by atoms with E-state index < -0.39 is 6.10 Å². The maximum Gasteiger partial charge on any atom is 0.306 e. The molecule has 0 aliphatic rings. The van der Waals surface area contributed by atoms with Gasteiger partial charge in [-0.05, 0) is 89.9 Å². The van der Waals surface area contributed by atoms with Gasteiger partial charge in [0, 0.05) is 19.3 Å². The molecular weight excluding hydrogens is 745 g/mol. The summed E-state index contributed by atoms with van der Waals surface area (Å²) in [5.74, 6) is -0.983. The van der Waals surface area contributed by atoms with Crippen molar-refractivity contribution >= 4 is 17.9 Å². The van der Waals surface area contributed by atoms with Crippen LogP contribution >= 0.6 is 0 Å². The van der Waals surface area contributed by atoms with Crippen molar-refractivity contribution in [3.05, 3.63) is 85.1 Å². The summed E-state index contributed by atoms with van der Waals surface area (Å²) in [5, 5.41) is 0. The van der Waals surface area contributed by atoms with E-state index in [0.29, 0.717) is 19.3 Å². The van der Waals surface area contributed by atoms with Crippen molar-refractivity contribution in [2.24, 2.45) is 0 Å². The molecule has 0 saturated heterocycles. The van der Waals surface area contributed by atoms with Gasteiger partial charge in [-0.3, -0.25) is 14.4 Å². The Morgan fingerprint density at radius 1 is 0.367 bits per heavy atom. The van der Waals surface area contributed by atoms with Crippen LogP contribution in [0.2, 0.25) is 0 Å². The molecule has 6 heteroatoms. The second-order valence-corrected chi connectivity index (χ2v) is 16.0. The molecule has 0 fully saturated rings. The van der Waals surface area contributed by atoms with Crippen LogP contribution in [0.3, 0.4) is 0 Å². The summed E-state index contributed by atoms with van der Waals surface area (Å²) in [6, 6.07) is 0. The summed E-state index contributed by atoms with van der Waals surface area (Å²) in [4.78, 5) is 37.8. The molecule has 0 radical (unpaired) electrons. The van der Waals surface area contributed by atoms with Gasteiger partial charge >= 0.3 is 17.9 Å². The van der Waals surface area contributed by atoms with Crippen molar-refractivity contribution in [3.8, 4) is 0 Å². The van der Waals surface area contributed by atoms with E-state index in [1.54, 1.807) is 0 Å². The predicted molar refractivity (Wildman–Crippen MR) is 256 cm³/mol. The van der Waals surface area contributed by atoms with Gasteiger partial charge in [-0.25, -0.2) is 0 Å². The molecule has 0 aromatic heterocycles. The predicted octanol–water partition coefficient (Wildman–Crippen LogP) is 16.0. The summed E-state index contributed by atoms with van der Waals surface area (Å²) in [6.45, 7) is 6.31. The lowest BCUT2D eigenvalue weighted by molar-refractivity contribution is -0.167. The molecule has 342 valence electrons. The van der Waals surface area contributed by atoms with Crippen molar-refractivity contribution in [2.75, 3.05) is 13.2 Å². The highest BCUT2D eigenvalue weighted by Crippen LogP contribution is 2.13. The van der Waals surface area contributed by atoms with Crippen LogP contribution in [0.5, 0.6) is 0 Å². The third-order valence-corrected chi connectivity index (χ3v) is 10.2. The summed E-state index contributed by atoms with van der Waals surface area (Å²) >= 11 is 0. The van der Waals surface area contributed by atoms with Crippen molar-refractivity contribution in [1.82, 2.24) is 0 Å². The number of allylic oxidation sites excluding steroid dienone is 14. The van der Waals surface area contributed by atoms with Crippen LogP contribution in [0.4, 0.5) is 0 Å². The van der Waals surface area contributed by atoms with E-state index in [1.165, 1.54) is 83.5 Å². The Labute approximate surface area is 369 Å². The summed E-state index contributed by atoms with van der Waals surface area (Å²) < 4.78 is 16.7. The molecule has 0 aliphatic heterocycles. The van der Waals surface area contributed by atoms with Crippen LogP contribution in [0, 0.1) is 0 Å². The second kappa shape index (κ2) is 48.3. The minimum absolute atomic E-state index is 0.102. The van der Waals surface area contributed by atoms with Gasteiger partial charge in [-0.1, -0.05) is 196 Å².